The van der Waals surface area contributed by atoms with Crippen LogP contribution < -0.4 is 5.32 Å². The minimum absolute atomic E-state index is 0.0664. The van der Waals surface area contributed by atoms with Crippen LogP contribution in [0.25, 0.3) is 0 Å². The average molecular weight is 449 g/mol. The summed E-state index contributed by atoms with van der Waals surface area (Å²) in [6, 6.07) is 15.0. The molecule has 1 N–H and O–H groups in total. The van der Waals surface area contributed by atoms with E-state index in [-0.39, 0.29) is 11.8 Å². The molecular formula is C25H28N4O2S. The largest absolute Gasteiger partial charge is 0.325 e. The van der Waals surface area contributed by atoms with Crippen molar-refractivity contribution in [3.05, 3.63) is 59.7 Å². The number of amidine groups is 2. The SMILES string of the molecule is CC[C@@H](SC1=Nc2ccccc2C2=N[C@@H](CC(C)C)C(=O)N12)C(=O)Nc1ccc(C)cc1. The molecule has 0 bridgehead atoms. The first-order chi connectivity index (χ1) is 15.4. The Bertz CT molecular complexity index is 1090. The molecule has 2 atom stereocenters. The molecule has 0 fully saturated rings. The highest BCUT2D eigenvalue weighted by Gasteiger charge is 2.42. The molecule has 6 nitrogen and oxygen atoms in total. The van der Waals surface area contributed by atoms with Crippen LogP contribution in [0, 0.1) is 12.8 Å². The number of rotatable bonds is 6. The fourth-order valence-corrected chi connectivity index (χ4v) is 4.81. The van der Waals surface area contributed by atoms with Gasteiger partial charge in [-0.2, -0.15) is 0 Å². The molecule has 2 aromatic carbocycles. The predicted octanol–water partition coefficient (Wildman–Crippen LogP) is 5.15. The van der Waals surface area contributed by atoms with Crippen LogP contribution in [-0.4, -0.2) is 39.0 Å². The van der Waals surface area contributed by atoms with E-state index in [1.807, 2.05) is 62.4 Å². The minimum atomic E-state index is -0.414. The maximum atomic E-state index is 13.3. The van der Waals surface area contributed by atoms with Gasteiger partial charge in [-0.3, -0.25) is 14.6 Å². The lowest BCUT2D eigenvalue weighted by Gasteiger charge is -2.27. The van der Waals surface area contributed by atoms with E-state index in [2.05, 4.69) is 19.2 Å². The first-order valence-corrected chi connectivity index (χ1v) is 11.9. The summed E-state index contributed by atoms with van der Waals surface area (Å²) in [4.78, 5) is 37.4. The van der Waals surface area contributed by atoms with Gasteiger partial charge in [0.2, 0.25) is 5.91 Å². The molecule has 0 radical (unpaired) electrons. The molecule has 2 aromatic rings. The molecule has 2 aliphatic rings. The van der Waals surface area contributed by atoms with Crippen molar-refractivity contribution >= 4 is 46.0 Å². The number of aliphatic imine (C=N–C) groups is 2. The molecule has 2 heterocycles. The third-order valence-corrected chi connectivity index (χ3v) is 6.79. The zero-order chi connectivity index (χ0) is 22.8. The molecule has 7 heteroatoms. The smallest absolute Gasteiger partial charge is 0.259 e. The van der Waals surface area contributed by atoms with Crippen molar-refractivity contribution in [2.75, 3.05) is 5.32 Å². The van der Waals surface area contributed by atoms with Crippen molar-refractivity contribution in [2.45, 2.75) is 51.8 Å². The summed E-state index contributed by atoms with van der Waals surface area (Å²) in [5.74, 6) is 0.819. The fraction of sp³-hybridized carbons (Fsp3) is 0.360. The van der Waals surface area contributed by atoms with Crippen molar-refractivity contribution in [1.29, 1.82) is 0 Å². The second-order valence-electron chi connectivity index (χ2n) is 8.55. The van der Waals surface area contributed by atoms with Gasteiger partial charge in [-0.1, -0.05) is 62.4 Å². The molecule has 0 aliphatic carbocycles. The van der Waals surface area contributed by atoms with Gasteiger partial charge in [-0.25, -0.2) is 9.89 Å². The van der Waals surface area contributed by atoms with Crippen molar-refractivity contribution in [3.63, 3.8) is 0 Å². The molecular weight excluding hydrogens is 420 g/mol. The van der Waals surface area contributed by atoms with Crippen molar-refractivity contribution in [2.24, 2.45) is 15.9 Å². The topological polar surface area (TPSA) is 74.1 Å². The zero-order valence-corrected chi connectivity index (χ0v) is 19.6. The molecule has 0 unspecified atom stereocenters. The van der Waals surface area contributed by atoms with Gasteiger partial charge in [-0.05, 0) is 49.9 Å². The van der Waals surface area contributed by atoms with E-state index in [4.69, 9.17) is 9.98 Å². The van der Waals surface area contributed by atoms with E-state index in [1.165, 1.54) is 11.8 Å². The number of carbonyl (C=O) groups excluding carboxylic acids is 2. The summed E-state index contributed by atoms with van der Waals surface area (Å²) in [6.07, 6.45) is 1.29. The second kappa shape index (κ2) is 9.28. The molecule has 32 heavy (non-hydrogen) atoms. The number of fused-ring (bicyclic) bond motifs is 3. The number of hydrogen-bond acceptors (Lipinski definition) is 5. The van der Waals surface area contributed by atoms with Crippen LogP contribution in [0.3, 0.4) is 0 Å². The van der Waals surface area contributed by atoms with E-state index in [9.17, 15) is 9.59 Å². The first kappa shape index (κ1) is 22.3. The highest BCUT2D eigenvalue weighted by atomic mass is 32.2. The zero-order valence-electron chi connectivity index (χ0n) is 18.8. The molecule has 2 amide bonds. The molecule has 0 spiro atoms. The Morgan fingerprint density at radius 2 is 1.88 bits per heavy atom. The summed E-state index contributed by atoms with van der Waals surface area (Å²) < 4.78 is 0. The highest BCUT2D eigenvalue weighted by molar-refractivity contribution is 8.15. The van der Waals surface area contributed by atoms with Gasteiger partial charge < -0.3 is 5.32 Å². The number of benzene rings is 2. The molecule has 0 aromatic heterocycles. The number of anilines is 1. The van der Waals surface area contributed by atoms with Crippen LogP contribution in [0.2, 0.25) is 0 Å². The lowest BCUT2D eigenvalue weighted by Crippen LogP contribution is -2.42. The summed E-state index contributed by atoms with van der Waals surface area (Å²) in [5, 5.41) is 3.11. The van der Waals surface area contributed by atoms with Crippen LogP contribution in [0.15, 0.2) is 58.5 Å². The van der Waals surface area contributed by atoms with Crippen LogP contribution in [0.4, 0.5) is 11.4 Å². The van der Waals surface area contributed by atoms with Gasteiger partial charge in [0.05, 0.1) is 10.9 Å². The minimum Gasteiger partial charge on any atom is -0.325 e. The number of hydrogen-bond donors (Lipinski definition) is 1. The number of nitrogens with one attached hydrogen (secondary N) is 1. The fourth-order valence-electron chi connectivity index (χ4n) is 3.79. The number of carbonyl (C=O) groups is 2. The Kier molecular flexibility index (Phi) is 6.46. The van der Waals surface area contributed by atoms with Crippen LogP contribution >= 0.6 is 11.8 Å². The van der Waals surface area contributed by atoms with Gasteiger partial charge in [0.25, 0.3) is 5.91 Å². The van der Waals surface area contributed by atoms with Gasteiger partial charge in [0.1, 0.15) is 11.9 Å². The van der Waals surface area contributed by atoms with E-state index >= 15 is 0 Å². The van der Waals surface area contributed by atoms with Gasteiger partial charge in [-0.15, -0.1) is 0 Å². The van der Waals surface area contributed by atoms with E-state index in [0.717, 1.165) is 22.5 Å². The summed E-state index contributed by atoms with van der Waals surface area (Å²) in [6.45, 7) is 8.15. The lowest BCUT2D eigenvalue weighted by atomic mass is 10.0. The van der Waals surface area contributed by atoms with Crippen molar-refractivity contribution < 1.29 is 9.59 Å². The summed E-state index contributed by atoms with van der Waals surface area (Å²) in [7, 11) is 0. The summed E-state index contributed by atoms with van der Waals surface area (Å²) >= 11 is 1.32. The summed E-state index contributed by atoms with van der Waals surface area (Å²) in [5.41, 5.74) is 3.52. The van der Waals surface area contributed by atoms with Crippen LogP contribution in [0.5, 0.6) is 0 Å². The normalized spacial score (nSPS) is 18.1. The second-order valence-corrected chi connectivity index (χ2v) is 9.72. The third-order valence-electron chi connectivity index (χ3n) is 5.47. The number of para-hydroxylation sites is 1. The van der Waals surface area contributed by atoms with E-state index in [0.29, 0.717) is 29.8 Å². The van der Waals surface area contributed by atoms with E-state index in [1.54, 1.807) is 4.90 Å². The van der Waals surface area contributed by atoms with E-state index < -0.39 is 11.3 Å². The number of aryl methyl sites for hydroxylation is 1. The molecule has 166 valence electrons. The Morgan fingerprint density at radius 3 is 2.56 bits per heavy atom. The predicted molar refractivity (Wildman–Crippen MR) is 132 cm³/mol. The Labute approximate surface area is 193 Å². The van der Waals surface area contributed by atoms with Crippen molar-refractivity contribution in [3.8, 4) is 0 Å². The maximum Gasteiger partial charge on any atom is 0.259 e. The molecule has 4 rings (SSSR count). The maximum absolute atomic E-state index is 13.3. The first-order valence-electron chi connectivity index (χ1n) is 11.0. The Hall–Kier alpha value is -2.93. The highest BCUT2D eigenvalue weighted by Crippen LogP contribution is 2.36. The van der Waals surface area contributed by atoms with Gasteiger partial charge in [0, 0.05) is 11.3 Å². The monoisotopic (exact) mass is 448 g/mol. The van der Waals surface area contributed by atoms with Crippen LogP contribution in [-0.2, 0) is 9.59 Å². The molecule has 0 saturated heterocycles. The van der Waals surface area contributed by atoms with Crippen molar-refractivity contribution in [1.82, 2.24) is 4.90 Å². The Balaban J connectivity index is 1.61. The third kappa shape index (κ3) is 4.48. The molecule has 2 aliphatic heterocycles. The average Bonchev–Trinajstić information content (AvgIpc) is 3.09. The Morgan fingerprint density at radius 1 is 1.16 bits per heavy atom. The number of amides is 2. The van der Waals surface area contributed by atoms with Gasteiger partial charge >= 0.3 is 0 Å². The number of thioether (sulfide) groups is 1. The number of nitrogens with zero attached hydrogens (tertiary/aromatic N) is 3. The lowest BCUT2D eigenvalue weighted by molar-refractivity contribution is -0.125. The standard InChI is InChI=1S/C25H28N4O2S/c1-5-21(23(30)26-17-12-10-16(4)11-13-17)32-25-28-19-9-7-6-8-18(19)22-27-20(14-15(2)3)24(31)29(22)25/h6-13,15,20-21H,5,14H2,1-4H3,(H,26,30)/t20-,21+/m0/s1. The van der Waals surface area contributed by atoms with Gasteiger partial charge in [0.15, 0.2) is 5.17 Å². The van der Waals surface area contributed by atoms with Crippen LogP contribution in [0.1, 0.15) is 44.7 Å². The molecule has 0 saturated carbocycles. The quantitative estimate of drug-likeness (QED) is 0.664.